The summed E-state index contributed by atoms with van der Waals surface area (Å²) in [5.41, 5.74) is 6.28. The van der Waals surface area contributed by atoms with Gasteiger partial charge in [-0.3, -0.25) is 19.3 Å². The molecular formula is C15H16N6O4. The van der Waals surface area contributed by atoms with Crippen LogP contribution in [0.4, 0.5) is 5.95 Å². The molecule has 4 heterocycles. The van der Waals surface area contributed by atoms with Crippen LogP contribution < -0.4 is 11.3 Å². The maximum atomic E-state index is 12.2. The van der Waals surface area contributed by atoms with E-state index in [0.29, 0.717) is 11.4 Å². The van der Waals surface area contributed by atoms with Crippen molar-refractivity contribution in [2.75, 3.05) is 12.3 Å². The van der Waals surface area contributed by atoms with E-state index in [2.05, 4.69) is 19.9 Å². The molecule has 10 heteroatoms. The summed E-state index contributed by atoms with van der Waals surface area (Å²) in [5.74, 6) is 0.397. The lowest BCUT2D eigenvalue weighted by Gasteiger charge is -2.16. The number of ether oxygens (including phenoxy) is 1. The van der Waals surface area contributed by atoms with Gasteiger partial charge in [0.25, 0.3) is 5.56 Å². The fourth-order valence-corrected chi connectivity index (χ4v) is 3.02. The predicted octanol–water partition coefficient (Wildman–Crippen LogP) is -0.596. The molecule has 3 atom stereocenters. The second kappa shape index (κ2) is 5.92. The molecule has 10 nitrogen and oxygen atoms in total. The van der Waals surface area contributed by atoms with E-state index in [9.17, 15) is 15.0 Å². The molecule has 1 saturated heterocycles. The number of nitrogens with one attached hydrogen (secondary N) is 1. The van der Waals surface area contributed by atoms with Gasteiger partial charge < -0.3 is 20.7 Å². The zero-order chi connectivity index (χ0) is 17.6. The Labute approximate surface area is 140 Å². The van der Waals surface area contributed by atoms with Crippen LogP contribution in [0, 0.1) is 0 Å². The van der Waals surface area contributed by atoms with Crippen molar-refractivity contribution in [3.63, 3.8) is 0 Å². The maximum Gasteiger partial charge on any atom is 0.280 e. The van der Waals surface area contributed by atoms with Gasteiger partial charge in [0, 0.05) is 24.4 Å². The van der Waals surface area contributed by atoms with Crippen LogP contribution in [-0.4, -0.2) is 53.5 Å². The Morgan fingerprint density at radius 3 is 2.80 bits per heavy atom. The number of imidazole rings is 1. The fourth-order valence-electron chi connectivity index (χ4n) is 3.02. The molecule has 0 aliphatic carbocycles. The quantitative estimate of drug-likeness (QED) is 0.492. The molecule has 1 fully saturated rings. The molecule has 25 heavy (non-hydrogen) atoms. The third-order valence-electron chi connectivity index (χ3n) is 4.18. The third-order valence-corrected chi connectivity index (χ3v) is 4.18. The lowest BCUT2D eigenvalue weighted by molar-refractivity contribution is -0.0426. The smallest absolute Gasteiger partial charge is 0.280 e. The number of aromatic nitrogens is 5. The van der Waals surface area contributed by atoms with Crippen molar-refractivity contribution >= 4 is 17.1 Å². The summed E-state index contributed by atoms with van der Waals surface area (Å²) in [6.45, 7) is -0.314. The van der Waals surface area contributed by atoms with E-state index >= 15 is 0 Å². The molecule has 0 bridgehead atoms. The van der Waals surface area contributed by atoms with Crippen LogP contribution in [0.1, 0.15) is 12.6 Å². The average molecular weight is 344 g/mol. The van der Waals surface area contributed by atoms with Crippen LogP contribution in [-0.2, 0) is 4.74 Å². The van der Waals surface area contributed by atoms with Crippen LogP contribution in [0.25, 0.3) is 22.6 Å². The van der Waals surface area contributed by atoms with Crippen LogP contribution in [0.3, 0.4) is 0 Å². The number of anilines is 1. The lowest BCUT2D eigenvalue weighted by atomic mass is 10.2. The molecule has 0 radical (unpaired) electrons. The maximum absolute atomic E-state index is 12.2. The number of nitrogens with zero attached hydrogens (tertiary/aromatic N) is 4. The van der Waals surface area contributed by atoms with Crippen LogP contribution in [0.15, 0.2) is 29.3 Å². The van der Waals surface area contributed by atoms with Gasteiger partial charge in [0.1, 0.15) is 18.2 Å². The summed E-state index contributed by atoms with van der Waals surface area (Å²) in [5, 5.41) is 19.4. The van der Waals surface area contributed by atoms with Gasteiger partial charge in [-0.05, 0) is 12.1 Å². The minimum Gasteiger partial charge on any atom is -0.394 e. The normalized spacial score (nSPS) is 23.4. The Kier molecular flexibility index (Phi) is 3.71. The van der Waals surface area contributed by atoms with Gasteiger partial charge in [0.05, 0.1) is 12.7 Å². The molecule has 5 N–H and O–H groups in total. The Morgan fingerprint density at radius 2 is 2.12 bits per heavy atom. The van der Waals surface area contributed by atoms with Gasteiger partial charge in [-0.15, -0.1) is 0 Å². The molecule has 0 amide bonds. The number of nitrogens with two attached hydrogens (primary N) is 1. The van der Waals surface area contributed by atoms with Gasteiger partial charge >= 0.3 is 0 Å². The summed E-state index contributed by atoms with van der Waals surface area (Å²) in [6.07, 6.45) is 1.24. The van der Waals surface area contributed by atoms with Gasteiger partial charge in [-0.2, -0.15) is 4.98 Å². The molecule has 1 aliphatic heterocycles. The van der Waals surface area contributed by atoms with Crippen LogP contribution in [0.5, 0.6) is 0 Å². The molecule has 3 aromatic heterocycles. The van der Waals surface area contributed by atoms with E-state index in [1.54, 1.807) is 29.1 Å². The Bertz CT molecular complexity index is 969. The number of H-pyrrole nitrogens is 1. The number of hydrogen-bond donors (Lipinski definition) is 4. The Hall–Kier alpha value is -2.82. The number of aromatic amines is 1. The average Bonchev–Trinajstić information content (AvgIpc) is 3.16. The van der Waals surface area contributed by atoms with Crippen molar-refractivity contribution in [1.82, 2.24) is 24.5 Å². The highest BCUT2D eigenvalue weighted by atomic mass is 16.5. The first-order chi connectivity index (χ1) is 12.1. The van der Waals surface area contributed by atoms with E-state index in [4.69, 9.17) is 10.5 Å². The number of rotatable bonds is 3. The monoisotopic (exact) mass is 344 g/mol. The largest absolute Gasteiger partial charge is 0.394 e. The molecule has 0 spiro atoms. The van der Waals surface area contributed by atoms with Crippen molar-refractivity contribution in [2.45, 2.75) is 24.9 Å². The van der Waals surface area contributed by atoms with Gasteiger partial charge in [0.2, 0.25) is 5.95 Å². The van der Waals surface area contributed by atoms with Gasteiger partial charge in [-0.1, -0.05) is 0 Å². The zero-order valence-electron chi connectivity index (χ0n) is 13.0. The van der Waals surface area contributed by atoms with E-state index < -0.39 is 24.0 Å². The number of pyridine rings is 1. The number of aliphatic hydroxyl groups excluding tert-OH is 2. The predicted molar refractivity (Wildman–Crippen MR) is 87.4 cm³/mol. The Balaban J connectivity index is 1.96. The molecule has 1 unspecified atom stereocenters. The lowest BCUT2D eigenvalue weighted by Crippen LogP contribution is -2.24. The molecule has 3 aromatic rings. The standard InChI is InChI=1S/C15H16N6O4/c16-15-19-13-11(14(24)20-15)18-12(7-1-3-17-4-2-7)21(13)10-5-8(23)9(6-22)25-10/h1-4,8-10,22-23H,5-6H2,(H3,16,19,20,24)/t8?,9-,10-/m1/s1. The first-order valence-electron chi connectivity index (χ1n) is 7.71. The van der Waals surface area contributed by atoms with Crippen LogP contribution in [0.2, 0.25) is 0 Å². The van der Waals surface area contributed by atoms with Crippen LogP contribution >= 0.6 is 0 Å². The summed E-state index contributed by atoms with van der Waals surface area (Å²) in [4.78, 5) is 27.2. The first-order valence-corrected chi connectivity index (χ1v) is 7.71. The molecule has 4 rings (SSSR count). The summed E-state index contributed by atoms with van der Waals surface area (Å²) in [7, 11) is 0. The van der Waals surface area contributed by atoms with Crippen molar-refractivity contribution in [3.8, 4) is 11.4 Å². The molecule has 0 saturated carbocycles. The zero-order valence-corrected chi connectivity index (χ0v) is 13.0. The van der Waals surface area contributed by atoms with Crippen molar-refractivity contribution in [1.29, 1.82) is 0 Å². The summed E-state index contributed by atoms with van der Waals surface area (Å²) < 4.78 is 7.35. The fraction of sp³-hybridized carbons (Fsp3) is 0.333. The number of hydrogen-bond acceptors (Lipinski definition) is 8. The van der Waals surface area contributed by atoms with Crippen molar-refractivity contribution in [2.24, 2.45) is 0 Å². The van der Waals surface area contributed by atoms with Gasteiger partial charge in [0.15, 0.2) is 11.2 Å². The molecule has 1 aliphatic rings. The second-order valence-electron chi connectivity index (χ2n) is 5.78. The number of nitrogen functional groups attached to an aromatic ring is 1. The molecule has 0 aromatic carbocycles. The summed E-state index contributed by atoms with van der Waals surface area (Å²) in [6, 6.07) is 3.48. The summed E-state index contributed by atoms with van der Waals surface area (Å²) >= 11 is 0. The first kappa shape index (κ1) is 15.7. The minimum atomic E-state index is -0.836. The third kappa shape index (κ3) is 2.56. The van der Waals surface area contributed by atoms with E-state index in [-0.39, 0.29) is 30.1 Å². The molecular weight excluding hydrogens is 328 g/mol. The second-order valence-corrected chi connectivity index (χ2v) is 5.78. The highest BCUT2D eigenvalue weighted by Gasteiger charge is 2.37. The van der Waals surface area contributed by atoms with Gasteiger partial charge in [-0.25, -0.2) is 4.98 Å². The minimum absolute atomic E-state index is 0.0443. The number of aliphatic hydroxyl groups is 2. The number of fused-ring (bicyclic) bond motifs is 1. The topological polar surface area (TPSA) is 152 Å². The highest BCUT2D eigenvalue weighted by Crippen LogP contribution is 2.34. The van der Waals surface area contributed by atoms with E-state index in [1.807, 2.05) is 0 Å². The highest BCUT2D eigenvalue weighted by molar-refractivity contribution is 5.77. The van der Waals surface area contributed by atoms with Crippen molar-refractivity contribution in [3.05, 3.63) is 34.9 Å². The SMILES string of the molecule is Nc1nc2c(nc(-c3ccncc3)n2[C@H]2CC(O)[C@@H](CO)O2)c(=O)[nH]1. The Morgan fingerprint density at radius 1 is 1.36 bits per heavy atom. The van der Waals surface area contributed by atoms with Crippen molar-refractivity contribution < 1.29 is 14.9 Å². The molecule has 130 valence electrons. The van der Waals surface area contributed by atoms with E-state index in [1.165, 1.54) is 0 Å². The van der Waals surface area contributed by atoms with E-state index in [0.717, 1.165) is 0 Å².